The average Bonchev–Trinajstić information content (AvgIpc) is 2.90. The van der Waals surface area contributed by atoms with E-state index in [-0.39, 0.29) is 11.6 Å². The molecular formula is C22H23F2N. The third-order valence-corrected chi connectivity index (χ3v) is 4.78. The van der Waals surface area contributed by atoms with Crippen LogP contribution in [0.25, 0.3) is 22.2 Å². The summed E-state index contributed by atoms with van der Waals surface area (Å²) in [6.07, 6.45) is 4.22. The number of benzene rings is 2. The first-order chi connectivity index (χ1) is 11.9. The maximum atomic E-state index is 13.7. The number of aromatic nitrogens is 1. The van der Waals surface area contributed by atoms with Crippen LogP contribution in [0, 0.1) is 24.5 Å². The summed E-state index contributed by atoms with van der Waals surface area (Å²) in [5.74, 6) is 0.343. The summed E-state index contributed by atoms with van der Waals surface area (Å²) in [7, 11) is 0. The van der Waals surface area contributed by atoms with Crippen molar-refractivity contribution >= 4 is 10.9 Å². The molecule has 1 fully saturated rings. The van der Waals surface area contributed by atoms with Gasteiger partial charge >= 0.3 is 0 Å². The Morgan fingerprint density at radius 2 is 1.76 bits per heavy atom. The number of halogens is 2. The maximum absolute atomic E-state index is 13.7. The molecule has 2 aromatic carbocycles. The van der Waals surface area contributed by atoms with Gasteiger partial charge in [0.15, 0.2) is 0 Å². The lowest BCUT2D eigenvalue weighted by molar-refractivity contribution is 0.369. The molecule has 1 aromatic heterocycles. The van der Waals surface area contributed by atoms with Crippen LogP contribution < -0.4 is 0 Å². The normalized spacial score (nSPS) is 13.9. The molecule has 130 valence electrons. The molecule has 0 atom stereocenters. The summed E-state index contributed by atoms with van der Waals surface area (Å²) in [5, 5.41) is 0.826. The standard InChI is InChI=1S/C15H11F2N.C7H12/c1-9-6-11-8-14(18-15(11)13(17)7-9)10-2-4-12(16)5-3-10;1-6(2)7-4-3-5-7/h2-8,18H,1H3;7H,1,3-5H2,2H3. The van der Waals surface area contributed by atoms with Crippen LogP contribution in [0.15, 0.2) is 54.6 Å². The zero-order chi connectivity index (χ0) is 18.0. The van der Waals surface area contributed by atoms with E-state index in [2.05, 4.69) is 18.5 Å². The highest BCUT2D eigenvalue weighted by Crippen LogP contribution is 2.31. The van der Waals surface area contributed by atoms with Crippen LogP contribution >= 0.6 is 0 Å². The predicted molar refractivity (Wildman–Crippen MR) is 101 cm³/mol. The molecule has 1 aliphatic carbocycles. The molecule has 3 heteroatoms. The van der Waals surface area contributed by atoms with Crippen LogP contribution in [0.5, 0.6) is 0 Å². The van der Waals surface area contributed by atoms with Gasteiger partial charge < -0.3 is 4.98 Å². The van der Waals surface area contributed by atoms with Gasteiger partial charge in [0.05, 0.1) is 5.52 Å². The number of rotatable bonds is 2. The van der Waals surface area contributed by atoms with Gasteiger partial charge in [-0.15, -0.1) is 0 Å². The van der Waals surface area contributed by atoms with E-state index in [1.54, 1.807) is 12.1 Å². The van der Waals surface area contributed by atoms with Crippen molar-refractivity contribution < 1.29 is 8.78 Å². The minimum Gasteiger partial charge on any atom is -0.352 e. The van der Waals surface area contributed by atoms with Crippen LogP contribution in [0.1, 0.15) is 31.7 Å². The van der Waals surface area contributed by atoms with Gasteiger partial charge in [-0.2, -0.15) is 0 Å². The Hall–Kier alpha value is -2.42. The van der Waals surface area contributed by atoms with E-state index >= 15 is 0 Å². The zero-order valence-electron chi connectivity index (χ0n) is 14.7. The molecule has 0 spiro atoms. The van der Waals surface area contributed by atoms with Crippen molar-refractivity contribution in [1.29, 1.82) is 0 Å². The molecule has 25 heavy (non-hydrogen) atoms. The van der Waals surface area contributed by atoms with Crippen molar-refractivity contribution in [2.75, 3.05) is 0 Å². The van der Waals surface area contributed by atoms with Crippen molar-refractivity contribution in [1.82, 2.24) is 4.98 Å². The quantitative estimate of drug-likeness (QED) is 0.495. The number of aryl methyl sites for hydroxylation is 1. The highest BCUT2D eigenvalue weighted by Gasteiger charge is 2.16. The van der Waals surface area contributed by atoms with Crippen LogP contribution in [0.3, 0.4) is 0 Å². The number of hydrogen-bond acceptors (Lipinski definition) is 0. The van der Waals surface area contributed by atoms with Gasteiger partial charge in [-0.3, -0.25) is 0 Å². The Morgan fingerprint density at radius 1 is 1.08 bits per heavy atom. The van der Waals surface area contributed by atoms with Gasteiger partial charge in [-0.1, -0.05) is 18.6 Å². The maximum Gasteiger partial charge on any atom is 0.147 e. The molecule has 0 radical (unpaired) electrons. The lowest BCUT2D eigenvalue weighted by Crippen LogP contribution is -2.10. The first-order valence-corrected chi connectivity index (χ1v) is 8.64. The lowest BCUT2D eigenvalue weighted by Gasteiger charge is -2.25. The lowest BCUT2D eigenvalue weighted by atomic mass is 9.81. The zero-order valence-corrected chi connectivity index (χ0v) is 14.7. The van der Waals surface area contributed by atoms with Crippen LogP contribution in [-0.2, 0) is 0 Å². The number of allylic oxidation sites excluding steroid dienone is 1. The average molecular weight is 339 g/mol. The van der Waals surface area contributed by atoms with Crippen molar-refractivity contribution in [3.63, 3.8) is 0 Å². The highest BCUT2D eigenvalue weighted by atomic mass is 19.1. The SMILES string of the molecule is C=C(C)C1CCC1.Cc1cc(F)c2[nH]c(-c3ccc(F)cc3)cc2c1. The third kappa shape index (κ3) is 3.98. The fraction of sp³-hybridized carbons (Fsp3) is 0.273. The first-order valence-electron chi connectivity index (χ1n) is 8.64. The Kier molecular flexibility index (Phi) is 5.03. The molecule has 1 saturated carbocycles. The molecule has 0 bridgehead atoms. The van der Waals surface area contributed by atoms with E-state index in [9.17, 15) is 8.78 Å². The highest BCUT2D eigenvalue weighted by molar-refractivity contribution is 5.86. The molecule has 1 nitrogen and oxygen atoms in total. The van der Waals surface area contributed by atoms with Crippen molar-refractivity contribution in [3.05, 3.63) is 71.8 Å². The van der Waals surface area contributed by atoms with Gasteiger partial charge in [0.25, 0.3) is 0 Å². The van der Waals surface area contributed by atoms with Crippen molar-refractivity contribution in [2.24, 2.45) is 5.92 Å². The molecule has 4 rings (SSSR count). The number of fused-ring (bicyclic) bond motifs is 1. The third-order valence-electron chi connectivity index (χ3n) is 4.78. The number of hydrogen-bond donors (Lipinski definition) is 1. The molecular weight excluding hydrogens is 316 g/mol. The monoisotopic (exact) mass is 339 g/mol. The summed E-state index contributed by atoms with van der Waals surface area (Å²) < 4.78 is 26.6. The summed E-state index contributed by atoms with van der Waals surface area (Å²) in [4.78, 5) is 3.03. The van der Waals surface area contributed by atoms with E-state index in [0.717, 1.165) is 28.1 Å². The Bertz CT molecular complexity index is 886. The van der Waals surface area contributed by atoms with Crippen molar-refractivity contribution in [3.8, 4) is 11.3 Å². The molecule has 0 saturated heterocycles. The predicted octanol–water partition coefficient (Wildman–Crippen LogP) is 6.78. The number of aromatic amines is 1. The molecule has 1 N–H and O–H groups in total. The number of nitrogens with one attached hydrogen (secondary N) is 1. The Balaban J connectivity index is 0.000000219. The van der Waals surface area contributed by atoms with Gasteiger partial charge in [0, 0.05) is 11.1 Å². The van der Waals surface area contributed by atoms with E-state index in [1.165, 1.54) is 43.0 Å². The fourth-order valence-electron chi connectivity index (χ4n) is 3.03. The molecule has 0 amide bonds. The summed E-state index contributed by atoms with van der Waals surface area (Å²) in [6.45, 7) is 7.86. The van der Waals surface area contributed by atoms with Crippen LogP contribution in [-0.4, -0.2) is 4.98 Å². The molecule has 0 unspecified atom stereocenters. The van der Waals surface area contributed by atoms with Crippen LogP contribution in [0.4, 0.5) is 8.78 Å². The second kappa shape index (κ2) is 7.22. The first kappa shape index (κ1) is 17.4. The summed E-state index contributed by atoms with van der Waals surface area (Å²) >= 11 is 0. The fourth-order valence-corrected chi connectivity index (χ4v) is 3.03. The second-order valence-corrected chi connectivity index (χ2v) is 6.88. The molecule has 1 heterocycles. The van der Waals surface area contributed by atoms with Gasteiger partial charge in [-0.25, -0.2) is 8.78 Å². The van der Waals surface area contributed by atoms with E-state index in [0.29, 0.717) is 5.52 Å². The topological polar surface area (TPSA) is 15.8 Å². The summed E-state index contributed by atoms with van der Waals surface area (Å²) in [6, 6.07) is 11.4. The van der Waals surface area contributed by atoms with E-state index in [1.807, 2.05) is 19.1 Å². The Labute approximate surface area is 147 Å². The summed E-state index contributed by atoms with van der Waals surface area (Å²) in [5.41, 5.74) is 4.37. The molecule has 1 aliphatic rings. The minimum absolute atomic E-state index is 0.265. The van der Waals surface area contributed by atoms with E-state index in [4.69, 9.17) is 0 Å². The largest absolute Gasteiger partial charge is 0.352 e. The minimum atomic E-state index is -0.281. The van der Waals surface area contributed by atoms with Gasteiger partial charge in [0.2, 0.25) is 0 Å². The molecule has 3 aromatic rings. The van der Waals surface area contributed by atoms with Gasteiger partial charge in [0.1, 0.15) is 11.6 Å². The van der Waals surface area contributed by atoms with Gasteiger partial charge in [-0.05, 0) is 86.2 Å². The second-order valence-electron chi connectivity index (χ2n) is 6.88. The molecule has 0 aliphatic heterocycles. The van der Waals surface area contributed by atoms with Crippen molar-refractivity contribution in [2.45, 2.75) is 33.1 Å². The number of H-pyrrole nitrogens is 1. The Morgan fingerprint density at radius 3 is 2.28 bits per heavy atom. The smallest absolute Gasteiger partial charge is 0.147 e. The van der Waals surface area contributed by atoms with E-state index < -0.39 is 0 Å². The van der Waals surface area contributed by atoms with Crippen LogP contribution in [0.2, 0.25) is 0 Å².